The van der Waals surface area contributed by atoms with Gasteiger partial charge in [-0.2, -0.15) is 13.2 Å². The summed E-state index contributed by atoms with van der Waals surface area (Å²) in [5.41, 5.74) is 0.489. The number of nitrogens with one attached hydrogen (secondary N) is 1. The highest BCUT2D eigenvalue weighted by atomic mass is 35.5. The number of hydrogen-bond acceptors (Lipinski definition) is 2. The van der Waals surface area contributed by atoms with Gasteiger partial charge in [0.1, 0.15) is 6.17 Å². The molecule has 0 saturated carbocycles. The van der Waals surface area contributed by atoms with Crippen LogP contribution in [-0.2, 0) is 6.18 Å². The van der Waals surface area contributed by atoms with Crippen LogP contribution >= 0.6 is 11.6 Å². The summed E-state index contributed by atoms with van der Waals surface area (Å²) in [6.45, 7) is 0. The molecule has 0 fully saturated rings. The second kappa shape index (κ2) is 6.87. The summed E-state index contributed by atoms with van der Waals surface area (Å²) in [4.78, 5) is 14.5. The van der Waals surface area contributed by atoms with Gasteiger partial charge in [0.15, 0.2) is 0 Å². The van der Waals surface area contributed by atoms with E-state index in [4.69, 9.17) is 11.6 Å². The normalized spacial score (nSPS) is 16.5. The number of anilines is 2. The average Bonchev–Trinajstić information content (AvgIpc) is 2.68. The standard InChI is InChI=1S/C21H14ClF3N2O/c22-13-9-11-14(12-10-13)27-19(15-5-1-3-7-17(15)21(23,24)25)26-18-8-4-2-6-16(18)20(27)28/h1-12,19,26H/t19-/m1/s1. The molecule has 3 nitrogen and oxygen atoms in total. The quantitative estimate of drug-likeness (QED) is 0.559. The molecule has 1 aliphatic rings. The van der Waals surface area contributed by atoms with Gasteiger partial charge in [-0.3, -0.25) is 9.69 Å². The van der Waals surface area contributed by atoms with Crippen LogP contribution in [0.4, 0.5) is 24.5 Å². The summed E-state index contributed by atoms with van der Waals surface area (Å²) in [7, 11) is 0. The lowest BCUT2D eigenvalue weighted by Crippen LogP contribution is -2.43. The Balaban J connectivity index is 1.91. The number of benzene rings is 3. The Morgan fingerprint density at radius 2 is 1.54 bits per heavy atom. The van der Waals surface area contributed by atoms with Crippen LogP contribution in [0.3, 0.4) is 0 Å². The fourth-order valence-electron chi connectivity index (χ4n) is 3.33. The highest BCUT2D eigenvalue weighted by Gasteiger charge is 2.40. The number of halogens is 4. The second-order valence-electron chi connectivity index (χ2n) is 6.33. The minimum absolute atomic E-state index is 0.0344. The Kier molecular flexibility index (Phi) is 4.51. The van der Waals surface area contributed by atoms with Gasteiger partial charge in [-0.15, -0.1) is 0 Å². The molecule has 3 aromatic carbocycles. The molecule has 0 aliphatic carbocycles. The summed E-state index contributed by atoms with van der Waals surface area (Å²) in [5, 5.41) is 3.56. The first kappa shape index (κ1) is 18.4. The molecule has 3 aromatic rings. The molecule has 1 amide bonds. The minimum Gasteiger partial charge on any atom is -0.360 e. The van der Waals surface area contributed by atoms with E-state index in [-0.39, 0.29) is 5.56 Å². The number of fused-ring (bicyclic) bond motifs is 1. The van der Waals surface area contributed by atoms with Crippen LogP contribution in [0, 0.1) is 0 Å². The number of rotatable bonds is 2. The van der Waals surface area contributed by atoms with Gasteiger partial charge in [-0.1, -0.05) is 41.9 Å². The molecule has 0 saturated heterocycles. The molecule has 0 aromatic heterocycles. The monoisotopic (exact) mass is 402 g/mol. The van der Waals surface area contributed by atoms with Gasteiger partial charge in [0.25, 0.3) is 5.91 Å². The Bertz CT molecular complexity index is 1030. The zero-order chi connectivity index (χ0) is 19.9. The van der Waals surface area contributed by atoms with E-state index in [2.05, 4.69) is 5.32 Å². The van der Waals surface area contributed by atoms with Crippen molar-refractivity contribution < 1.29 is 18.0 Å². The van der Waals surface area contributed by atoms with Crippen LogP contribution in [0.15, 0.2) is 72.8 Å². The molecule has 0 unspecified atom stereocenters. The number of carbonyl (C=O) groups is 1. The van der Waals surface area contributed by atoms with Crippen molar-refractivity contribution in [3.63, 3.8) is 0 Å². The van der Waals surface area contributed by atoms with Gasteiger partial charge in [0, 0.05) is 22.0 Å². The van der Waals surface area contributed by atoms with Crippen LogP contribution < -0.4 is 10.2 Å². The Morgan fingerprint density at radius 1 is 0.893 bits per heavy atom. The van der Waals surface area contributed by atoms with Crippen molar-refractivity contribution in [1.29, 1.82) is 0 Å². The van der Waals surface area contributed by atoms with Crippen molar-refractivity contribution in [2.45, 2.75) is 12.3 Å². The molecule has 0 radical (unpaired) electrons. The maximum absolute atomic E-state index is 13.6. The first-order chi connectivity index (χ1) is 13.4. The third-order valence-electron chi connectivity index (χ3n) is 4.59. The zero-order valence-corrected chi connectivity index (χ0v) is 15.1. The van der Waals surface area contributed by atoms with Crippen LogP contribution in [0.2, 0.25) is 5.02 Å². The first-order valence-electron chi connectivity index (χ1n) is 8.47. The van der Waals surface area contributed by atoms with Crippen molar-refractivity contribution in [1.82, 2.24) is 0 Å². The number of nitrogens with zero attached hydrogens (tertiary/aromatic N) is 1. The maximum atomic E-state index is 13.6. The Hall–Kier alpha value is -2.99. The zero-order valence-electron chi connectivity index (χ0n) is 14.4. The number of alkyl halides is 3. The third-order valence-corrected chi connectivity index (χ3v) is 4.84. The lowest BCUT2D eigenvalue weighted by molar-refractivity contribution is -0.138. The van der Waals surface area contributed by atoms with E-state index in [1.165, 1.54) is 23.1 Å². The van der Waals surface area contributed by atoms with Gasteiger partial charge in [-0.05, 0) is 42.5 Å². The van der Waals surface area contributed by atoms with E-state index < -0.39 is 23.8 Å². The highest BCUT2D eigenvalue weighted by molar-refractivity contribution is 6.30. The van der Waals surface area contributed by atoms with Crippen molar-refractivity contribution in [3.05, 3.63) is 94.5 Å². The second-order valence-corrected chi connectivity index (χ2v) is 6.77. The van der Waals surface area contributed by atoms with Crippen LogP contribution in [0.1, 0.15) is 27.7 Å². The topological polar surface area (TPSA) is 32.3 Å². The lowest BCUT2D eigenvalue weighted by atomic mass is 9.98. The Labute approximate surface area is 164 Å². The van der Waals surface area contributed by atoms with E-state index in [1.807, 2.05) is 0 Å². The molecule has 1 N–H and O–H groups in total. The van der Waals surface area contributed by atoms with Gasteiger partial charge in [0.2, 0.25) is 0 Å². The van der Waals surface area contributed by atoms with E-state index in [0.29, 0.717) is 22.0 Å². The molecule has 0 spiro atoms. The molecule has 1 heterocycles. The summed E-state index contributed by atoms with van der Waals surface area (Å²) in [6.07, 6.45) is -5.58. The van der Waals surface area contributed by atoms with Crippen LogP contribution in [0.25, 0.3) is 0 Å². The van der Waals surface area contributed by atoms with Crippen molar-refractivity contribution in [2.24, 2.45) is 0 Å². The van der Waals surface area contributed by atoms with Crippen LogP contribution in [-0.4, -0.2) is 5.91 Å². The lowest BCUT2D eigenvalue weighted by Gasteiger charge is -2.39. The Morgan fingerprint density at radius 3 is 2.25 bits per heavy atom. The summed E-state index contributed by atoms with van der Waals surface area (Å²) >= 11 is 5.94. The van der Waals surface area contributed by atoms with Gasteiger partial charge >= 0.3 is 6.18 Å². The average molecular weight is 403 g/mol. The largest absolute Gasteiger partial charge is 0.416 e. The van der Waals surface area contributed by atoms with Gasteiger partial charge < -0.3 is 5.32 Å². The molecular formula is C21H14ClF3N2O. The third kappa shape index (κ3) is 3.20. The van der Waals surface area contributed by atoms with Gasteiger partial charge in [-0.25, -0.2) is 0 Å². The fraction of sp³-hybridized carbons (Fsp3) is 0.0952. The molecule has 0 bridgehead atoms. The number of amides is 1. The maximum Gasteiger partial charge on any atom is 0.416 e. The SMILES string of the molecule is O=C1c2ccccc2N[C@@H](c2ccccc2C(F)(F)F)N1c1ccc(Cl)cc1. The molecule has 142 valence electrons. The van der Waals surface area contributed by atoms with Gasteiger partial charge in [0.05, 0.1) is 11.1 Å². The van der Waals surface area contributed by atoms with E-state index >= 15 is 0 Å². The van der Waals surface area contributed by atoms with Crippen molar-refractivity contribution >= 4 is 28.9 Å². The predicted octanol–water partition coefficient (Wildman–Crippen LogP) is 6.13. The molecule has 1 aliphatic heterocycles. The number of hydrogen-bond donors (Lipinski definition) is 1. The minimum atomic E-state index is -4.55. The summed E-state index contributed by atoms with van der Waals surface area (Å²) < 4.78 is 40.9. The molecule has 7 heteroatoms. The summed E-state index contributed by atoms with van der Waals surface area (Å²) in [5.74, 6) is -0.390. The number of carbonyl (C=O) groups excluding carboxylic acids is 1. The molecule has 4 rings (SSSR count). The fourth-order valence-corrected chi connectivity index (χ4v) is 3.46. The smallest absolute Gasteiger partial charge is 0.360 e. The first-order valence-corrected chi connectivity index (χ1v) is 8.85. The highest BCUT2D eigenvalue weighted by Crippen LogP contribution is 2.41. The van der Waals surface area contributed by atoms with E-state index in [1.54, 1.807) is 48.5 Å². The number of para-hydroxylation sites is 1. The van der Waals surface area contributed by atoms with Crippen LogP contribution in [0.5, 0.6) is 0 Å². The van der Waals surface area contributed by atoms with E-state index in [0.717, 1.165) is 6.07 Å². The predicted molar refractivity (Wildman–Crippen MR) is 103 cm³/mol. The van der Waals surface area contributed by atoms with Crippen molar-refractivity contribution in [2.75, 3.05) is 10.2 Å². The van der Waals surface area contributed by atoms with Crippen molar-refractivity contribution in [3.8, 4) is 0 Å². The van der Waals surface area contributed by atoms with E-state index in [9.17, 15) is 18.0 Å². The summed E-state index contributed by atoms with van der Waals surface area (Å²) in [6, 6.07) is 18.4. The molecule has 28 heavy (non-hydrogen) atoms. The molecular weight excluding hydrogens is 389 g/mol. The molecule has 1 atom stereocenters.